The van der Waals surface area contributed by atoms with Gasteiger partial charge in [0.15, 0.2) is 0 Å². The molecule has 1 saturated heterocycles. The van der Waals surface area contributed by atoms with Gasteiger partial charge in [0, 0.05) is 38.3 Å². The molecule has 1 fully saturated rings. The Morgan fingerprint density at radius 3 is 2.45 bits per heavy atom. The van der Waals surface area contributed by atoms with Gasteiger partial charge < -0.3 is 5.32 Å². The fraction of sp³-hybridized carbons (Fsp3) is 0.350. The Kier molecular flexibility index (Phi) is 6.95. The Morgan fingerprint density at radius 1 is 1.16 bits per heavy atom. The first kappa shape index (κ1) is 23.1. The largest absolute Gasteiger partial charge is 0.323 e. The van der Waals surface area contributed by atoms with E-state index in [9.17, 15) is 23.3 Å². The molecule has 0 bridgehead atoms. The zero-order valence-electron chi connectivity index (χ0n) is 17.2. The number of rotatable bonds is 6. The molecule has 0 atom stereocenters. The van der Waals surface area contributed by atoms with Gasteiger partial charge in [0.05, 0.1) is 27.1 Å². The van der Waals surface area contributed by atoms with Crippen molar-refractivity contribution in [3.8, 4) is 0 Å². The number of carbonyl (C=O) groups excluding carboxylic acids is 1. The number of carbonyl (C=O) groups is 1. The number of piperazine rings is 1. The maximum atomic E-state index is 12.8. The first-order valence-corrected chi connectivity index (χ1v) is 11.4. The molecule has 0 spiro atoms. The number of nitro groups is 1. The van der Waals surface area contributed by atoms with Gasteiger partial charge >= 0.3 is 0 Å². The molecule has 0 unspecified atom stereocenters. The third kappa shape index (κ3) is 5.40. The normalized spacial score (nSPS) is 15.6. The Morgan fingerprint density at radius 2 is 1.84 bits per heavy atom. The summed E-state index contributed by atoms with van der Waals surface area (Å²) >= 11 is 6.24. The molecule has 2 aromatic carbocycles. The van der Waals surface area contributed by atoms with Crippen LogP contribution in [0, 0.1) is 24.0 Å². The first-order valence-electron chi connectivity index (χ1n) is 9.61. The van der Waals surface area contributed by atoms with Crippen molar-refractivity contribution < 1.29 is 18.1 Å². The minimum Gasteiger partial charge on any atom is -0.323 e. The Balaban J connectivity index is 1.60. The molecule has 9 nitrogen and oxygen atoms in total. The molecule has 1 N–H and O–H groups in total. The maximum Gasteiger partial charge on any atom is 0.270 e. The number of non-ortho nitro benzene ring substituents is 1. The number of halogens is 1. The Bertz CT molecular complexity index is 1090. The summed E-state index contributed by atoms with van der Waals surface area (Å²) in [6.45, 7) is 4.99. The molecule has 1 heterocycles. The predicted molar refractivity (Wildman–Crippen MR) is 118 cm³/mol. The smallest absolute Gasteiger partial charge is 0.270 e. The Hall–Kier alpha value is -2.53. The zero-order chi connectivity index (χ0) is 22.8. The highest BCUT2D eigenvalue weighted by atomic mass is 35.5. The van der Waals surface area contributed by atoms with E-state index in [2.05, 4.69) is 5.32 Å². The highest BCUT2D eigenvalue weighted by Gasteiger charge is 2.30. The molecular weight excluding hydrogens is 444 g/mol. The lowest BCUT2D eigenvalue weighted by Gasteiger charge is -2.33. The van der Waals surface area contributed by atoms with Crippen molar-refractivity contribution in [2.45, 2.75) is 18.7 Å². The van der Waals surface area contributed by atoms with Gasteiger partial charge in [-0.3, -0.25) is 19.8 Å². The van der Waals surface area contributed by atoms with Crippen LogP contribution < -0.4 is 5.32 Å². The molecule has 1 aliphatic heterocycles. The fourth-order valence-corrected chi connectivity index (χ4v) is 5.32. The monoisotopic (exact) mass is 466 g/mol. The summed E-state index contributed by atoms with van der Waals surface area (Å²) < 4.78 is 26.9. The van der Waals surface area contributed by atoms with Crippen LogP contribution in [-0.4, -0.2) is 61.2 Å². The lowest BCUT2D eigenvalue weighted by Crippen LogP contribution is -2.50. The van der Waals surface area contributed by atoms with Gasteiger partial charge in [0.1, 0.15) is 0 Å². The highest BCUT2D eigenvalue weighted by molar-refractivity contribution is 7.89. The molecule has 31 heavy (non-hydrogen) atoms. The van der Waals surface area contributed by atoms with Gasteiger partial charge in [-0.05, 0) is 37.1 Å². The number of amides is 1. The summed E-state index contributed by atoms with van der Waals surface area (Å²) in [5.41, 5.74) is 2.17. The van der Waals surface area contributed by atoms with Crippen molar-refractivity contribution in [1.29, 1.82) is 0 Å². The van der Waals surface area contributed by atoms with Crippen molar-refractivity contribution in [2.75, 3.05) is 38.0 Å². The Labute approximate surface area is 185 Å². The molecular formula is C20H23ClN4O5S. The molecule has 166 valence electrons. The molecule has 0 aromatic heterocycles. The molecule has 3 rings (SSSR count). The molecule has 1 aliphatic rings. The van der Waals surface area contributed by atoms with E-state index in [1.54, 1.807) is 6.07 Å². The lowest BCUT2D eigenvalue weighted by atomic mass is 10.1. The third-order valence-corrected chi connectivity index (χ3v) is 7.25. The van der Waals surface area contributed by atoms with Crippen molar-refractivity contribution in [3.05, 3.63) is 62.7 Å². The van der Waals surface area contributed by atoms with Crippen molar-refractivity contribution in [2.24, 2.45) is 0 Å². The van der Waals surface area contributed by atoms with Crippen LogP contribution in [0.4, 0.5) is 11.4 Å². The lowest BCUT2D eigenvalue weighted by molar-refractivity contribution is -0.385. The number of nitrogens with zero attached hydrogens (tertiary/aromatic N) is 3. The number of anilines is 1. The van der Waals surface area contributed by atoms with Crippen molar-refractivity contribution in [1.82, 2.24) is 9.21 Å². The van der Waals surface area contributed by atoms with Gasteiger partial charge in [-0.1, -0.05) is 23.7 Å². The molecule has 0 aliphatic carbocycles. The van der Waals surface area contributed by atoms with E-state index in [0.29, 0.717) is 23.8 Å². The van der Waals surface area contributed by atoms with Gasteiger partial charge in [-0.2, -0.15) is 4.31 Å². The average molecular weight is 467 g/mol. The standard InChI is InChI=1S/C20H23ClN4O5S/c1-14-10-15(2)20(18(21)11-14)22-19(26)13-23-6-8-24(9-7-23)31(29,30)17-5-3-4-16(12-17)25(27)28/h3-5,10-12H,6-9,13H2,1-2H3,(H,22,26). The first-order chi connectivity index (χ1) is 14.6. The van der Waals surface area contributed by atoms with E-state index < -0.39 is 14.9 Å². The average Bonchev–Trinajstić information content (AvgIpc) is 2.71. The SMILES string of the molecule is Cc1cc(C)c(NC(=O)CN2CCN(S(=O)(=O)c3cccc([N+](=O)[O-])c3)CC2)c(Cl)c1. The quantitative estimate of drug-likeness (QED) is 0.517. The summed E-state index contributed by atoms with van der Waals surface area (Å²) in [5, 5.41) is 14.2. The summed E-state index contributed by atoms with van der Waals surface area (Å²) in [6.07, 6.45) is 0. The number of hydrogen-bond acceptors (Lipinski definition) is 6. The van der Waals surface area contributed by atoms with E-state index in [1.807, 2.05) is 24.8 Å². The summed E-state index contributed by atoms with van der Waals surface area (Å²) in [4.78, 5) is 24.5. The van der Waals surface area contributed by atoms with Crippen LogP contribution >= 0.6 is 11.6 Å². The van der Waals surface area contributed by atoms with Crippen molar-refractivity contribution >= 4 is 38.9 Å². The second-order valence-electron chi connectivity index (χ2n) is 7.42. The predicted octanol–water partition coefficient (Wildman–Crippen LogP) is 2.81. The van der Waals surface area contributed by atoms with Gasteiger partial charge in [0.25, 0.3) is 5.69 Å². The van der Waals surface area contributed by atoms with Gasteiger partial charge in [0.2, 0.25) is 15.9 Å². The highest BCUT2D eigenvalue weighted by Crippen LogP contribution is 2.27. The van der Waals surface area contributed by atoms with Crippen LogP contribution in [0.25, 0.3) is 0 Å². The number of hydrogen-bond donors (Lipinski definition) is 1. The van der Waals surface area contributed by atoms with E-state index in [0.717, 1.165) is 17.2 Å². The minimum absolute atomic E-state index is 0.105. The van der Waals surface area contributed by atoms with Gasteiger partial charge in [-0.25, -0.2) is 8.42 Å². The van der Waals surface area contributed by atoms with Crippen LogP contribution in [0.5, 0.6) is 0 Å². The number of nitrogens with one attached hydrogen (secondary N) is 1. The minimum atomic E-state index is -3.85. The second kappa shape index (κ2) is 9.31. The fourth-order valence-electron chi connectivity index (χ4n) is 3.49. The molecule has 0 radical (unpaired) electrons. The van der Waals surface area contributed by atoms with Crippen LogP contribution in [0.3, 0.4) is 0 Å². The maximum absolute atomic E-state index is 12.8. The van der Waals surface area contributed by atoms with Crippen LogP contribution in [0.15, 0.2) is 41.3 Å². The van der Waals surface area contributed by atoms with E-state index in [4.69, 9.17) is 11.6 Å². The van der Waals surface area contributed by atoms with Gasteiger partial charge in [-0.15, -0.1) is 0 Å². The van der Waals surface area contributed by atoms with E-state index >= 15 is 0 Å². The third-order valence-electron chi connectivity index (χ3n) is 5.06. The van der Waals surface area contributed by atoms with E-state index in [-0.39, 0.29) is 36.1 Å². The number of sulfonamides is 1. The van der Waals surface area contributed by atoms with Crippen molar-refractivity contribution in [3.63, 3.8) is 0 Å². The molecule has 1 amide bonds. The summed E-state index contributed by atoms with van der Waals surface area (Å²) in [6, 6.07) is 8.71. The topological polar surface area (TPSA) is 113 Å². The van der Waals surface area contributed by atoms with Crippen LogP contribution in [0.1, 0.15) is 11.1 Å². The summed E-state index contributed by atoms with van der Waals surface area (Å²) in [7, 11) is -3.85. The molecule has 2 aromatic rings. The number of benzene rings is 2. The van der Waals surface area contributed by atoms with Crippen LogP contribution in [-0.2, 0) is 14.8 Å². The number of aryl methyl sites for hydroxylation is 2. The molecule has 0 saturated carbocycles. The zero-order valence-corrected chi connectivity index (χ0v) is 18.7. The van der Waals surface area contributed by atoms with E-state index in [1.165, 1.54) is 22.5 Å². The second-order valence-corrected chi connectivity index (χ2v) is 9.77. The molecule has 11 heteroatoms. The van der Waals surface area contributed by atoms with Crippen LogP contribution in [0.2, 0.25) is 5.02 Å². The summed E-state index contributed by atoms with van der Waals surface area (Å²) in [5.74, 6) is -0.233. The number of nitro benzene ring substituents is 1.